The van der Waals surface area contributed by atoms with Crippen LogP contribution in [0.15, 0.2) is 22.7 Å². The minimum absolute atomic E-state index is 0.286. The highest BCUT2D eigenvalue weighted by Gasteiger charge is 2.14. The van der Waals surface area contributed by atoms with Crippen LogP contribution in [0.4, 0.5) is 4.39 Å². The average molecular weight is 291 g/mol. The van der Waals surface area contributed by atoms with E-state index in [1.54, 1.807) is 12.1 Å². The molecule has 0 bridgehead atoms. The van der Waals surface area contributed by atoms with Crippen molar-refractivity contribution in [1.29, 1.82) is 0 Å². The second kappa shape index (κ2) is 6.96. The summed E-state index contributed by atoms with van der Waals surface area (Å²) in [4.78, 5) is 0. The Balaban J connectivity index is 2.73. The van der Waals surface area contributed by atoms with Crippen LogP contribution in [-0.2, 0) is 4.74 Å². The van der Waals surface area contributed by atoms with Crippen LogP contribution in [0.5, 0.6) is 0 Å². The largest absolute Gasteiger partial charge is 0.379 e. The smallest absolute Gasteiger partial charge is 0.128 e. The van der Waals surface area contributed by atoms with E-state index in [4.69, 9.17) is 10.6 Å². The molecule has 3 nitrogen and oxygen atoms in total. The molecule has 0 fully saturated rings. The zero-order valence-corrected chi connectivity index (χ0v) is 10.8. The molecular weight excluding hydrogens is 275 g/mol. The molecule has 0 saturated heterocycles. The van der Waals surface area contributed by atoms with E-state index >= 15 is 0 Å². The Kier molecular flexibility index (Phi) is 5.90. The number of hydrazine groups is 1. The van der Waals surface area contributed by atoms with Gasteiger partial charge in [0.1, 0.15) is 5.82 Å². The van der Waals surface area contributed by atoms with E-state index in [1.807, 2.05) is 6.92 Å². The van der Waals surface area contributed by atoms with Crippen molar-refractivity contribution in [1.82, 2.24) is 5.43 Å². The van der Waals surface area contributed by atoms with Crippen molar-refractivity contribution < 1.29 is 9.13 Å². The first-order chi connectivity index (χ1) is 7.69. The summed E-state index contributed by atoms with van der Waals surface area (Å²) in [5.74, 6) is 5.11. The fourth-order valence-electron chi connectivity index (χ4n) is 1.35. The summed E-state index contributed by atoms with van der Waals surface area (Å²) < 4.78 is 19.7. The first kappa shape index (κ1) is 13.6. The molecule has 1 aromatic carbocycles. The van der Waals surface area contributed by atoms with Gasteiger partial charge in [0, 0.05) is 16.6 Å². The number of hydrogen-bond donors (Lipinski definition) is 2. The fraction of sp³-hybridized carbons (Fsp3) is 0.455. The van der Waals surface area contributed by atoms with Crippen molar-refractivity contribution in [2.24, 2.45) is 5.84 Å². The summed E-state index contributed by atoms with van der Waals surface area (Å²) in [6.45, 7) is 3.02. The predicted octanol–water partition coefficient (Wildman–Crippen LogP) is 2.52. The third-order valence-electron chi connectivity index (χ3n) is 2.17. The molecular formula is C11H16BrFN2O. The van der Waals surface area contributed by atoms with Crippen molar-refractivity contribution in [2.75, 3.05) is 13.2 Å². The number of benzene rings is 1. The molecule has 0 radical (unpaired) electrons. The van der Waals surface area contributed by atoms with Gasteiger partial charge in [-0.05, 0) is 24.6 Å². The number of nitrogens with one attached hydrogen (secondary N) is 1. The van der Waals surface area contributed by atoms with Crippen LogP contribution in [0, 0.1) is 5.82 Å². The lowest BCUT2D eigenvalue weighted by molar-refractivity contribution is 0.111. The molecule has 0 amide bonds. The van der Waals surface area contributed by atoms with Crippen LogP contribution in [0.3, 0.4) is 0 Å². The van der Waals surface area contributed by atoms with Crippen LogP contribution in [0.1, 0.15) is 24.9 Å². The summed E-state index contributed by atoms with van der Waals surface area (Å²) in [5, 5.41) is 0. The molecule has 0 aliphatic heterocycles. The lowest BCUT2D eigenvalue weighted by atomic mass is 10.1. The Morgan fingerprint density at radius 3 is 2.94 bits per heavy atom. The van der Waals surface area contributed by atoms with E-state index in [-0.39, 0.29) is 11.9 Å². The average Bonchev–Trinajstić information content (AvgIpc) is 2.28. The number of ether oxygens (including phenoxy) is 1. The van der Waals surface area contributed by atoms with E-state index in [1.165, 1.54) is 6.07 Å². The van der Waals surface area contributed by atoms with Gasteiger partial charge < -0.3 is 4.74 Å². The molecule has 0 aliphatic rings. The van der Waals surface area contributed by atoms with Gasteiger partial charge >= 0.3 is 0 Å². The number of nitrogens with two attached hydrogens (primary N) is 1. The van der Waals surface area contributed by atoms with Gasteiger partial charge in [0.25, 0.3) is 0 Å². The van der Waals surface area contributed by atoms with Gasteiger partial charge in [-0.15, -0.1) is 0 Å². The molecule has 1 unspecified atom stereocenters. The van der Waals surface area contributed by atoms with Crippen molar-refractivity contribution >= 4 is 15.9 Å². The Morgan fingerprint density at radius 2 is 2.31 bits per heavy atom. The zero-order chi connectivity index (χ0) is 12.0. The van der Waals surface area contributed by atoms with Gasteiger partial charge in [0.05, 0.1) is 12.6 Å². The SMILES string of the molecule is CCCOCC(NN)c1cc(Br)ccc1F. The lowest BCUT2D eigenvalue weighted by Gasteiger charge is -2.17. The van der Waals surface area contributed by atoms with E-state index < -0.39 is 0 Å². The molecule has 0 heterocycles. The molecule has 16 heavy (non-hydrogen) atoms. The third-order valence-corrected chi connectivity index (χ3v) is 2.66. The van der Waals surface area contributed by atoms with Crippen LogP contribution in [0.25, 0.3) is 0 Å². The summed E-state index contributed by atoms with van der Waals surface area (Å²) >= 11 is 3.30. The summed E-state index contributed by atoms with van der Waals surface area (Å²) in [5.41, 5.74) is 3.07. The first-order valence-corrected chi connectivity index (χ1v) is 5.97. The summed E-state index contributed by atoms with van der Waals surface area (Å²) in [6.07, 6.45) is 0.929. The maximum absolute atomic E-state index is 13.5. The normalized spacial score (nSPS) is 12.8. The Morgan fingerprint density at radius 1 is 1.56 bits per heavy atom. The van der Waals surface area contributed by atoms with Gasteiger partial charge in [0.2, 0.25) is 0 Å². The van der Waals surface area contributed by atoms with E-state index in [0.717, 1.165) is 10.9 Å². The molecule has 0 aliphatic carbocycles. The second-order valence-corrected chi connectivity index (χ2v) is 4.38. The Bertz CT molecular complexity index is 336. The summed E-state index contributed by atoms with van der Waals surface area (Å²) in [6, 6.07) is 4.43. The van der Waals surface area contributed by atoms with E-state index in [0.29, 0.717) is 18.8 Å². The monoisotopic (exact) mass is 290 g/mol. The van der Waals surface area contributed by atoms with E-state index in [9.17, 15) is 4.39 Å². The molecule has 0 aromatic heterocycles. The van der Waals surface area contributed by atoms with Crippen molar-refractivity contribution in [3.05, 3.63) is 34.1 Å². The molecule has 1 atom stereocenters. The molecule has 3 N–H and O–H groups in total. The number of hydrogen-bond acceptors (Lipinski definition) is 3. The van der Waals surface area contributed by atoms with Crippen molar-refractivity contribution in [3.63, 3.8) is 0 Å². The number of rotatable bonds is 6. The Hall–Kier alpha value is -0.490. The molecule has 90 valence electrons. The Labute approximate surface area is 103 Å². The standard InChI is InChI=1S/C11H16BrFN2O/c1-2-5-16-7-11(15-14)9-6-8(12)3-4-10(9)13/h3-4,6,11,15H,2,5,7,14H2,1H3. The van der Waals surface area contributed by atoms with Gasteiger partial charge in [-0.3, -0.25) is 11.3 Å². The topological polar surface area (TPSA) is 47.3 Å². The molecule has 0 saturated carbocycles. The minimum Gasteiger partial charge on any atom is -0.379 e. The van der Waals surface area contributed by atoms with Gasteiger partial charge in [0.15, 0.2) is 0 Å². The zero-order valence-electron chi connectivity index (χ0n) is 9.17. The first-order valence-electron chi connectivity index (χ1n) is 5.17. The predicted molar refractivity (Wildman–Crippen MR) is 65.3 cm³/mol. The van der Waals surface area contributed by atoms with Crippen LogP contribution in [-0.4, -0.2) is 13.2 Å². The van der Waals surface area contributed by atoms with Crippen molar-refractivity contribution in [3.8, 4) is 0 Å². The molecule has 1 rings (SSSR count). The van der Waals surface area contributed by atoms with Crippen LogP contribution >= 0.6 is 15.9 Å². The molecule has 0 spiro atoms. The second-order valence-electron chi connectivity index (χ2n) is 3.46. The molecule has 1 aromatic rings. The van der Waals surface area contributed by atoms with Crippen LogP contribution in [0.2, 0.25) is 0 Å². The van der Waals surface area contributed by atoms with Gasteiger partial charge in [-0.1, -0.05) is 22.9 Å². The van der Waals surface area contributed by atoms with Crippen molar-refractivity contribution in [2.45, 2.75) is 19.4 Å². The van der Waals surface area contributed by atoms with Gasteiger partial charge in [-0.2, -0.15) is 0 Å². The maximum Gasteiger partial charge on any atom is 0.128 e. The highest BCUT2D eigenvalue weighted by atomic mass is 79.9. The highest BCUT2D eigenvalue weighted by Crippen LogP contribution is 2.21. The minimum atomic E-state index is -0.330. The van der Waals surface area contributed by atoms with E-state index in [2.05, 4.69) is 21.4 Å². The number of halogens is 2. The third kappa shape index (κ3) is 3.83. The highest BCUT2D eigenvalue weighted by molar-refractivity contribution is 9.10. The van der Waals surface area contributed by atoms with Gasteiger partial charge in [-0.25, -0.2) is 4.39 Å². The lowest BCUT2D eigenvalue weighted by Crippen LogP contribution is -2.32. The maximum atomic E-state index is 13.5. The quantitative estimate of drug-likeness (QED) is 0.481. The fourth-order valence-corrected chi connectivity index (χ4v) is 1.73. The molecule has 5 heteroatoms. The van der Waals surface area contributed by atoms with Crippen LogP contribution < -0.4 is 11.3 Å². The summed E-state index contributed by atoms with van der Waals surface area (Å²) in [7, 11) is 0.